The number of hydrogen-bond acceptors (Lipinski definition) is 6. The molecule has 0 heterocycles. The lowest BCUT2D eigenvalue weighted by molar-refractivity contribution is -0.387. The standard InChI is InChI=1S/C15H16N2O6S2/c1-11(12-7-9-13(10-8-12)24(2,20)21)16-25(22,23)15-6-4-3-5-14(15)17(18)19/h3-11,16H,1-2H3. The Hall–Kier alpha value is -2.30. The summed E-state index contributed by atoms with van der Waals surface area (Å²) in [5.74, 6) is 0. The highest BCUT2D eigenvalue weighted by Crippen LogP contribution is 2.25. The van der Waals surface area contributed by atoms with E-state index in [1.165, 1.54) is 36.4 Å². The van der Waals surface area contributed by atoms with Crippen molar-refractivity contribution in [2.75, 3.05) is 6.26 Å². The summed E-state index contributed by atoms with van der Waals surface area (Å²) in [5, 5.41) is 11.0. The molecule has 0 bridgehead atoms. The Bertz CT molecular complexity index is 999. The van der Waals surface area contributed by atoms with Gasteiger partial charge in [-0.3, -0.25) is 10.1 Å². The fourth-order valence-corrected chi connectivity index (χ4v) is 4.24. The summed E-state index contributed by atoms with van der Waals surface area (Å²) in [4.78, 5) is 9.93. The molecule has 0 saturated carbocycles. The van der Waals surface area contributed by atoms with Crippen molar-refractivity contribution in [1.82, 2.24) is 4.72 Å². The average Bonchev–Trinajstić information content (AvgIpc) is 2.53. The Morgan fingerprint density at radius 1 is 1.00 bits per heavy atom. The van der Waals surface area contributed by atoms with Crippen LogP contribution in [-0.2, 0) is 19.9 Å². The predicted molar refractivity (Wildman–Crippen MR) is 91.4 cm³/mol. The second-order valence-corrected chi connectivity index (χ2v) is 9.11. The maximum Gasteiger partial charge on any atom is 0.289 e. The Morgan fingerprint density at radius 2 is 1.56 bits per heavy atom. The number of sulfonamides is 1. The molecule has 2 aromatic rings. The van der Waals surface area contributed by atoms with Crippen LogP contribution in [0.15, 0.2) is 58.3 Å². The summed E-state index contributed by atoms with van der Waals surface area (Å²) in [7, 11) is -7.48. The lowest BCUT2D eigenvalue weighted by atomic mass is 10.1. The minimum atomic E-state index is -4.13. The molecule has 0 radical (unpaired) electrons. The van der Waals surface area contributed by atoms with E-state index in [1.807, 2.05) is 0 Å². The second kappa shape index (κ2) is 6.90. The summed E-state index contributed by atoms with van der Waals surface area (Å²) in [5.41, 5.74) is 0.00387. The topological polar surface area (TPSA) is 123 Å². The fourth-order valence-electron chi connectivity index (χ4n) is 2.20. The molecule has 0 aliphatic heterocycles. The van der Waals surface area contributed by atoms with Crippen LogP contribution in [0.4, 0.5) is 5.69 Å². The molecule has 0 amide bonds. The minimum Gasteiger partial charge on any atom is -0.258 e. The molecule has 0 saturated heterocycles. The summed E-state index contributed by atoms with van der Waals surface area (Å²) in [6.07, 6.45) is 1.07. The monoisotopic (exact) mass is 384 g/mol. The second-order valence-electron chi connectivity index (χ2n) is 5.41. The zero-order valence-corrected chi connectivity index (χ0v) is 15.0. The predicted octanol–water partition coefficient (Wildman–Crippen LogP) is 2.04. The van der Waals surface area contributed by atoms with E-state index in [-0.39, 0.29) is 4.90 Å². The number of nitrogens with one attached hydrogen (secondary N) is 1. The van der Waals surface area contributed by atoms with Gasteiger partial charge < -0.3 is 0 Å². The van der Waals surface area contributed by atoms with Crippen LogP contribution in [0, 0.1) is 10.1 Å². The minimum absolute atomic E-state index is 0.116. The number of rotatable bonds is 6. The van der Waals surface area contributed by atoms with Crippen molar-refractivity contribution < 1.29 is 21.8 Å². The van der Waals surface area contributed by atoms with Crippen molar-refractivity contribution in [3.05, 3.63) is 64.2 Å². The number of para-hydroxylation sites is 1. The van der Waals surface area contributed by atoms with E-state index in [1.54, 1.807) is 6.92 Å². The first-order valence-electron chi connectivity index (χ1n) is 7.08. The van der Waals surface area contributed by atoms with Crippen molar-refractivity contribution in [2.45, 2.75) is 22.8 Å². The van der Waals surface area contributed by atoms with Crippen molar-refractivity contribution in [3.63, 3.8) is 0 Å². The summed E-state index contributed by atoms with van der Waals surface area (Å²) < 4.78 is 50.2. The first kappa shape index (κ1) is 19.0. The molecular formula is C15H16N2O6S2. The Kier molecular flexibility index (Phi) is 5.26. The molecule has 0 aliphatic rings. The largest absolute Gasteiger partial charge is 0.289 e. The average molecular weight is 384 g/mol. The number of benzene rings is 2. The molecule has 10 heteroatoms. The van der Waals surface area contributed by atoms with Gasteiger partial charge >= 0.3 is 0 Å². The van der Waals surface area contributed by atoms with Crippen molar-refractivity contribution in [3.8, 4) is 0 Å². The van der Waals surface area contributed by atoms with Crippen LogP contribution in [0.2, 0.25) is 0 Å². The maximum atomic E-state index is 12.5. The van der Waals surface area contributed by atoms with E-state index in [9.17, 15) is 26.9 Å². The normalized spacial score (nSPS) is 13.4. The third-order valence-corrected chi connectivity index (χ3v) is 6.21. The Labute approximate surface area is 145 Å². The highest BCUT2D eigenvalue weighted by Gasteiger charge is 2.26. The Balaban J connectivity index is 2.31. The van der Waals surface area contributed by atoms with E-state index in [0.717, 1.165) is 18.4 Å². The number of sulfone groups is 1. The zero-order chi connectivity index (χ0) is 18.8. The van der Waals surface area contributed by atoms with Gasteiger partial charge in [0.2, 0.25) is 10.0 Å². The molecule has 1 unspecified atom stereocenters. The number of nitrogens with zero attached hydrogens (tertiary/aromatic N) is 1. The molecule has 134 valence electrons. The summed E-state index contributed by atoms with van der Waals surface area (Å²) in [6.45, 7) is 1.56. The third kappa shape index (κ3) is 4.41. The molecule has 2 rings (SSSR count). The van der Waals surface area contributed by atoms with Gasteiger partial charge in [-0.05, 0) is 30.7 Å². The lowest BCUT2D eigenvalue weighted by Gasteiger charge is -2.15. The van der Waals surface area contributed by atoms with Crippen LogP contribution in [-0.4, -0.2) is 28.0 Å². The van der Waals surface area contributed by atoms with E-state index in [2.05, 4.69) is 4.72 Å². The van der Waals surface area contributed by atoms with E-state index < -0.39 is 41.4 Å². The van der Waals surface area contributed by atoms with Crippen LogP contribution in [0.3, 0.4) is 0 Å². The van der Waals surface area contributed by atoms with Gasteiger partial charge in [-0.1, -0.05) is 24.3 Å². The smallest absolute Gasteiger partial charge is 0.258 e. The van der Waals surface area contributed by atoms with Crippen LogP contribution in [0.5, 0.6) is 0 Å². The van der Waals surface area contributed by atoms with Gasteiger partial charge in [0, 0.05) is 18.4 Å². The molecule has 1 N–H and O–H groups in total. The Morgan fingerprint density at radius 3 is 2.08 bits per heavy atom. The molecule has 1 atom stereocenters. The van der Waals surface area contributed by atoms with Crippen molar-refractivity contribution >= 4 is 25.5 Å². The number of hydrogen-bond donors (Lipinski definition) is 1. The molecule has 0 aliphatic carbocycles. The fraction of sp³-hybridized carbons (Fsp3) is 0.200. The molecule has 0 spiro atoms. The van der Waals surface area contributed by atoms with Gasteiger partial charge in [-0.2, -0.15) is 0 Å². The first-order valence-corrected chi connectivity index (χ1v) is 10.5. The highest BCUT2D eigenvalue weighted by atomic mass is 32.2. The van der Waals surface area contributed by atoms with Crippen molar-refractivity contribution in [2.24, 2.45) is 0 Å². The van der Waals surface area contributed by atoms with E-state index >= 15 is 0 Å². The van der Waals surface area contributed by atoms with Gasteiger partial charge in [-0.15, -0.1) is 0 Å². The van der Waals surface area contributed by atoms with Gasteiger partial charge in [0.15, 0.2) is 14.7 Å². The third-order valence-electron chi connectivity index (χ3n) is 3.49. The van der Waals surface area contributed by atoms with Crippen LogP contribution < -0.4 is 4.72 Å². The number of nitro benzene ring substituents is 1. The van der Waals surface area contributed by atoms with E-state index in [4.69, 9.17) is 0 Å². The maximum absolute atomic E-state index is 12.5. The van der Waals surface area contributed by atoms with Gasteiger partial charge in [-0.25, -0.2) is 21.6 Å². The SMILES string of the molecule is CC(NS(=O)(=O)c1ccccc1[N+](=O)[O-])c1ccc(S(C)(=O)=O)cc1. The molecular weight excluding hydrogens is 368 g/mol. The molecule has 0 fully saturated rings. The van der Waals surface area contributed by atoms with Gasteiger partial charge in [0.1, 0.15) is 0 Å². The van der Waals surface area contributed by atoms with Gasteiger partial charge in [0.05, 0.1) is 9.82 Å². The zero-order valence-electron chi connectivity index (χ0n) is 13.4. The highest BCUT2D eigenvalue weighted by molar-refractivity contribution is 7.90. The van der Waals surface area contributed by atoms with Crippen LogP contribution >= 0.6 is 0 Å². The molecule has 2 aromatic carbocycles. The van der Waals surface area contributed by atoms with Crippen LogP contribution in [0.1, 0.15) is 18.5 Å². The van der Waals surface area contributed by atoms with Gasteiger partial charge in [0.25, 0.3) is 5.69 Å². The van der Waals surface area contributed by atoms with Crippen molar-refractivity contribution in [1.29, 1.82) is 0 Å². The molecule has 0 aromatic heterocycles. The first-order chi connectivity index (χ1) is 11.5. The van der Waals surface area contributed by atoms with E-state index in [0.29, 0.717) is 5.56 Å². The summed E-state index contributed by atoms with van der Waals surface area (Å²) in [6, 6.07) is 10.1. The number of nitro groups is 1. The van der Waals surface area contributed by atoms with Crippen LogP contribution in [0.25, 0.3) is 0 Å². The molecule has 8 nitrogen and oxygen atoms in total. The lowest BCUT2D eigenvalue weighted by Crippen LogP contribution is -2.27. The molecule has 25 heavy (non-hydrogen) atoms. The summed E-state index contributed by atoms with van der Waals surface area (Å²) >= 11 is 0. The quantitative estimate of drug-likeness (QED) is 0.600.